The molecule has 0 bridgehead atoms. The van der Waals surface area contributed by atoms with Crippen LogP contribution in [0, 0.1) is 5.41 Å². The Morgan fingerprint density at radius 2 is 1.94 bits per heavy atom. The largest absolute Gasteiger partial charge is 0.493 e. The average Bonchev–Trinajstić information content (AvgIpc) is 3.47. The first-order valence-electron chi connectivity index (χ1n) is 11.6. The van der Waals surface area contributed by atoms with Gasteiger partial charge in [0.15, 0.2) is 11.5 Å². The van der Waals surface area contributed by atoms with E-state index in [0.29, 0.717) is 29.5 Å². The summed E-state index contributed by atoms with van der Waals surface area (Å²) in [5, 5.41) is 0. The molecule has 4 rings (SSSR count). The summed E-state index contributed by atoms with van der Waals surface area (Å²) >= 11 is 0. The Hall–Kier alpha value is -3.22. The molecule has 0 saturated heterocycles. The second-order valence-electron chi connectivity index (χ2n) is 8.05. The van der Waals surface area contributed by atoms with Crippen molar-refractivity contribution in [1.29, 1.82) is 0 Å². The summed E-state index contributed by atoms with van der Waals surface area (Å²) in [5.41, 5.74) is 1.76. The second-order valence-corrected chi connectivity index (χ2v) is 8.05. The van der Waals surface area contributed by atoms with Gasteiger partial charge in [-0.25, -0.2) is 4.79 Å². The van der Waals surface area contributed by atoms with Gasteiger partial charge in [-0.1, -0.05) is 6.07 Å². The fourth-order valence-corrected chi connectivity index (χ4v) is 3.60. The van der Waals surface area contributed by atoms with Gasteiger partial charge in [-0.15, -0.1) is 0 Å². The summed E-state index contributed by atoms with van der Waals surface area (Å²) < 4.78 is 49.7. The molecule has 2 aliphatic rings. The number of ether oxygens (including phenoxy) is 5. The highest BCUT2D eigenvalue weighted by Crippen LogP contribution is 2.50. The van der Waals surface area contributed by atoms with Gasteiger partial charge in [-0.2, -0.15) is 0 Å². The van der Waals surface area contributed by atoms with Crippen LogP contribution >= 0.6 is 0 Å². The molecule has 0 aromatic heterocycles. The summed E-state index contributed by atoms with van der Waals surface area (Å²) in [6.45, 7) is 3.77. The topological polar surface area (TPSA) is 80.3 Å². The molecule has 164 valence electrons. The Labute approximate surface area is 185 Å². The van der Waals surface area contributed by atoms with E-state index in [1.165, 1.54) is 13.2 Å². The van der Waals surface area contributed by atoms with E-state index in [-0.39, 0.29) is 48.5 Å². The Kier molecular flexibility index (Phi) is 4.58. The number of hydrogen-bond acceptors (Lipinski definition) is 7. The van der Waals surface area contributed by atoms with Gasteiger partial charge in [-0.05, 0) is 56.5 Å². The van der Waals surface area contributed by atoms with E-state index in [2.05, 4.69) is 0 Å². The van der Waals surface area contributed by atoms with Crippen LogP contribution in [0.25, 0.3) is 11.1 Å². The number of methoxy groups -OCH3 is 2. The van der Waals surface area contributed by atoms with Crippen LogP contribution in [-0.4, -0.2) is 38.8 Å². The number of esters is 2. The monoisotopic (exact) mass is 429 g/mol. The highest BCUT2D eigenvalue weighted by atomic mass is 16.6. The lowest BCUT2D eigenvalue weighted by Gasteiger charge is -2.21. The highest BCUT2D eigenvalue weighted by Gasteiger charge is 2.53. The van der Waals surface area contributed by atoms with E-state index in [1.54, 1.807) is 32.0 Å². The molecule has 31 heavy (non-hydrogen) atoms. The van der Waals surface area contributed by atoms with Crippen LogP contribution in [0.4, 0.5) is 0 Å². The van der Waals surface area contributed by atoms with Gasteiger partial charge in [0, 0.05) is 11.1 Å². The lowest BCUT2D eigenvalue weighted by molar-refractivity contribution is -0.155. The van der Waals surface area contributed by atoms with Gasteiger partial charge in [0.2, 0.25) is 5.75 Å². The minimum absolute atomic E-state index is 0.0180. The molecule has 1 aliphatic carbocycles. The highest BCUT2D eigenvalue weighted by molar-refractivity contribution is 5.94. The van der Waals surface area contributed by atoms with Crippen molar-refractivity contribution in [1.82, 2.24) is 0 Å². The van der Waals surface area contributed by atoms with Gasteiger partial charge < -0.3 is 23.7 Å². The fraction of sp³-hybridized carbons (Fsp3) is 0.417. The summed E-state index contributed by atoms with van der Waals surface area (Å²) in [5.74, 6) is -0.398. The number of fused-ring (bicyclic) bond motifs is 1. The first-order valence-corrected chi connectivity index (χ1v) is 10.1. The van der Waals surface area contributed by atoms with E-state index in [4.69, 9.17) is 27.8 Å². The van der Waals surface area contributed by atoms with Crippen molar-refractivity contribution < 1.29 is 37.4 Å². The smallest absolute Gasteiger partial charge is 0.338 e. The first kappa shape index (κ1) is 17.5. The maximum Gasteiger partial charge on any atom is 0.338 e. The van der Waals surface area contributed by atoms with E-state index < -0.39 is 12.5 Å². The Morgan fingerprint density at radius 1 is 1.16 bits per heavy atom. The van der Waals surface area contributed by atoms with Crippen LogP contribution in [0.3, 0.4) is 0 Å². The van der Waals surface area contributed by atoms with Crippen LogP contribution < -0.4 is 14.2 Å². The molecule has 7 heteroatoms. The Morgan fingerprint density at radius 3 is 2.61 bits per heavy atom. The lowest BCUT2D eigenvalue weighted by Crippen LogP contribution is -2.28. The number of rotatable bonds is 8. The van der Waals surface area contributed by atoms with Crippen molar-refractivity contribution in [3.63, 3.8) is 0 Å². The fourth-order valence-electron chi connectivity index (χ4n) is 3.60. The molecule has 2 aromatic rings. The zero-order chi connectivity index (χ0) is 24.7. The van der Waals surface area contributed by atoms with Crippen LogP contribution in [0.2, 0.25) is 0 Å². The van der Waals surface area contributed by atoms with Gasteiger partial charge in [0.1, 0.15) is 18.6 Å². The molecule has 7 nitrogen and oxygen atoms in total. The minimum Gasteiger partial charge on any atom is -0.493 e. The maximum absolute atomic E-state index is 12.6. The molecule has 0 radical (unpaired) electrons. The standard InChI is InChI=1S/C24H26O7/c1-14(2)31-23(26)24(9-10-24)13-30-20-17(7-8-19(27-3)21(20)28-4)15-5-6-18-16(11-15)12-29-22(18)25/h5-8,11,14H,9-10,12-13H2,1-4H3/i3D3. The molecule has 1 heterocycles. The van der Waals surface area contributed by atoms with E-state index in [0.717, 1.165) is 5.56 Å². The zero-order valence-corrected chi connectivity index (χ0v) is 17.7. The zero-order valence-electron chi connectivity index (χ0n) is 20.7. The van der Waals surface area contributed by atoms with Gasteiger partial charge >= 0.3 is 11.9 Å². The SMILES string of the molecule is [2H]C([2H])([2H])Oc1ccc(-c2ccc3c(c2)COC3=O)c(OCC2(C(=O)OC(C)C)CC2)c1OC. The normalized spacial score (nSPS) is 17.7. The lowest BCUT2D eigenvalue weighted by atomic mass is 9.99. The van der Waals surface area contributed by atoms with E-state index >= 15 is 0 Å². The summed E-state index contributed by atoms with van der Waals surface area (Å²) in [6, 6.07) is 8.38. The molecule has 1 fully saturated rings. The van der Waals surface area contributed by atoms with Gasteiger partial charge in [0.05, 0.1) is 29.9 Å². The summed E-state index contributed by atoms with van der Waals surface area (Å²) in [7, 11) is -1.32. The summed E-state index contributed by atoms with van der Waals surface area (Å²) in [6.07, 6.45) is 1.00. The Bertz CT molecular complexity index is 1120. The van der Waals surface area contributed by atoms with Crippen LogP contribution in [0.5, 0.6) is 17.2 Å². The maximum atomic E-state index is 12.6. The third-order valence-corrected chi connectivity index (χ3v) is 5.51. The van der Waals surface area contributed by atoms with Crippen molar-refractivity contribution in [2.75, 3.05) is 20.8 Å². The van der Waals surface area contributed by atoms with Crippen LogP contribution in [0.15, 0.2) is 30.3 Å². The molecule has 2 aromatic carbocycles. The quantitative estimate of drug-likeness (QED) is 0.583. The number of carbonyl (C=O) groups is 2. The molecule has 1 aliphatic heterocycles. The molecular weight excluding hydrogens is 400 g/mol. The van der Waals surface area contributed by atoms with Crippen molar-refractivity contribution in [2.45, 2.75) is 39.4 Å². The number of benzene rings is 2. The van der Waals surface area contributed by atoms with Crippen molar-refractivity contribution >= 4 is 11.9 Å². The number of carbonyl (C=O) groups excluding carboxylic acids is 2. The predicted molar refractivity (Wildman–Crippen MR) is 112 cm³/mol. The summed E-state index contributed by atoms with van der Waals surface area (Å²) in [4.78, 5) is 24.4. The van der Waals surface area contributed by atoms with Gasteiger partial charge in [-0.3, -0.25) is 4.79 Å². The van der Waals surface area contributed by atoms with Crippen LogP contribution in [0.1, 0.15) is 46.7 Å². The minimum atomic E-state index is -2.70. The molecule has 0 unspecified atom stereocenters. The second kappa shape index (κ2) is 8.13. The van der Waals surface area contributed by atoms with Crippen molar-refractivity contribution in [3.05, 3.63) is 41.5 Å². The predicted octanol–water partition coefficient (Wildman–Crippen LogP) is 4.15. The third-order valence-electron chi connectivity index (χ3n) is 5.51. The number of hydrogen-bond donors (Lipinski definition) is 0. The van der Waals surface area contributed by atoms with Gasteiger partial charge in [0.25, 0.3) is 0 Å². The third kappa shape index (κ3) is 3.92. The Balaban J connectivity index is 1.73. The van der Waals surface area contributed by atoms with Crippen molar-refractivity contribution in [2.24, 2.45) is 5.41 Å². The molecule has 0 N–H and O–H groups in total. The molecule has 0 amide bonds. The molecule has 1 saturated carbocycles. The average molecular weight is 429 g/mol. The first-order chi connectivity index (χ1) is 16.0. The molecular formula is C24H26O7. The molecule has 0 spiro atoms. The van der Waals surface area contributed by atoms with Crippen LogP contribution in [-0.2, 0) is 20.9 Å². The van der Waals surface area contributed by atoms with E-state index in [9.17, 15) is 9.59 Å². The molecule has 0 atom stereocenters. The van der Waals surface area contributed by atoms with Crippen molar-refractivity contribution in [3.8, 4) is 28.4 Å². The van der Waals surface area contributed by atoms with E-state index in [1.807, 2.05) is 6.07 Å². The number of cyclic esters (lactones) is 1.